The summed E-state index contributed by atoms with van der Waals surface area (Å²) < 4.78 is 15.8. The van der Waals surface area contributed by atoms with Crippen LogP contribution < -0.4 is 5.32 Å². The SMILES string of the molecule is C=CCOC(=O)[C@H](CCCC(=O)OC([CH2+])(C)C)NC(=O)OCC1c2ccccc2-c2ccccc21. The van der Waals surface area contributed by atoms with E-state index in [0.29, 0.717) is 6.42 Å². The van der Waals surface area contributed by atoms with Crippen LogP contribution in [0.4, 0.5) is 4.79 Å². The highest BCUT2D eigenvalue weighted by Crippen LogP contribution is 2.44. The molecule has 0 bridgehead atoms. The number of alkyl carbamates (subject to hydrolysis) is 1. The summed E-state index contributed by atoms with van der Waals surface area (Å²) in [5.74, 6) is -1.14. The highest BCUT2D eigenvalue weighted by Gasteiger charge is 2.30. The van der Waals surface area contributed by atoms with Crippen molar-refractivity contribution in [3.8, 4) is 11.1 Å². The zero-order chi connectivity index (χ0) is 25.4. The van der Waals surface area contributed by atoms with Gasteiger partial charge in [-0.25, -0.2) is 9.59 Å². The van der Waals surface area contributed by atoms with Crippen molar-refractivity contribution in [1.82, 2.24) is 5.32 Å². The Bertz CT molecular complexity index is 1030. The second-order valence-corrected chi connectivity index (χ2v) is 9.07. The molecule has 2 aromatic rings. The number of rotatable bonds is 11. The average Bonchev–Trinajstić information content (AvgIpc) is 3.13. The molecule has 7 heteroatoms. The Labute approximate surface area is 206 Å². The van der Waals surface area contributed by atoms with Crippen molar-refractivity contribution in [2.24, 2.45) is 0 Å². The van der Waals surface area contributed by atoms with Crippen LogP contribution in [0.3, 0.4) is 0 Å². The maximum atomic E-state index is 12.6. The van der Waals surface area contributed by atoms with Gasteiger partial charge in [0.15, 0.2) is 0 Å². The first-order chi connectivity index (χ1) is 16.7. The molecule has 0 saturated heterocycles. The summed E-state index contributed by atoms with van der Waals surface area (Å²) in [4.78, 5) is 37.1. The number of benzene rings is 2. The van der Waals surface area contributed by atoms with Gasteiger partial charge in [-0.2, -0.15) is 0 Å². The molecule has 0 heterocycles. The quantitative estimate of drug-likeness (QED) is 0.213. The van der Waals surface area contributed by atoms with E-state index in [-0.39, 0.29) is 32.0 Å². The van der Waals surface area contributed by atoms with E-state index < -0.39 is 29.7 Å². The van der Waals surface area contributed by atoms with Gasteiger partial charge in [0.2, 0.25) is 5.60 Å². The summed E-state index contributed by atoms with van der Waals surface area (Å²) in [6.45, 7) is 10.8. The molecule has 0 saturated carbocycles. The highest BCUT2D eigenvalue weighted by molar-refractivity contribution is 5.82. The molecule has 1 amide bonds. The molecule has 2 aromatic carbocycles. The van der Waals surface area contributed by atoms with Crippen molar-refractivity contribution in [2.75, 3.05) is 13.2 Å². The van der Waals surface area contributed by atoms with Crippen LogP contribution >= 0.6 is 0 Å². The van der Waals surface area contributed by atoms with Crippen LogP contribution in [-0.4, -0.2) is 42.9 Å². The summed E-state index contributed by atoms with van der Waals surface area (Å²) in [5, 5.41) is 2.59. The van der Waals surface area contributed by atoms with Crippen LogP contribution in [0, 0.1) is 6.92 Å². The van der Waals surface area contributed by atoms with E-state index in [1.54, 1.807) is 13.8 Å². The first kappa shape index (κ1) is 25.9. The maximum absolute atomic E-state index is 12.6. The minimum absolute atomic E-state index is 0.0133. The van der Waals surface area contributed by atoms with Crippen LogP contribution in [0.15, 0.2) is 61.2 Å². The summed E-state index contributed by atoms with van der Waals surface area (Å²) in [5.41, 5.74) is 3.60. The number of hydrogen-bond acceptors (Lipinski definition) is 6. The third kappa shape index (κ3) is 7.12. The minimum atomic E-state index is -0.967. The van der Waals surface area contributed by atoms with Crippen molar-refractivity contribution < 1.29 is 28.6 Å². The third-order valence-corrected chi connectivity index (χ3v) is 5.53. The van der Waals surface area contributed by atoms with Crippen LogP contribution in [0.2, 0.25) is 0 Å². The van der Waals surface area contributed by atoms with Gasteiger partial charge in [-0.05, 0) is 35.1 Å². The fraction of sp³-hybridized carbons (Fsp3) is 0.357. The zero-order valence-electron chi connectivity index (χ0n) is 20.3. The van der Waals surface area contributed by atoms with E-state index in [4.69, 9.17) is 14.2 Å². The van der Waals surface area contributed by atoms with E-state index in [1.807, 2.05) is 36.4 Å². The molecule has 0 radical (unpaired) electrons. The second kappa shape index (κ2) is 11.6. The number of amides is 1. The van der Waals surface area contributed by atoms with Crippen molar-refractivity contribution in [3.63, 3.8) is 0 Å². The second-order valence-electron chi connectivity index (χ2n) is 9.07. The number of ether oxygens (including phenoxy) is 3. The molecule has 0 spiro atoms. The molecule has 184 valence electrons. The molecule has 3 rings (SSSR count). The molecule has 0 unspecified atom stereocenters. The number of nitrogens with one attached hydrogen (secondary N) is 1. The molecule has 0 aliphatic heterocycles. The number of esters is 2. The van der Waals surface area contributed by atoms with Crippen LogP contribution in [0.25, 0.3) is 11.1 Å². The van der Waals surface area contributed by atoms with Gasteiger partial charge in [-0.1, -0.05) is 61.2 Å². The molecule has 1 atom stereocenters. The Morgan fingerprint density at radius 2 is 1.66 bits per heavy atom. The normalized spacial score (nSPS) is 13.2. The molecule has 1 aliphatic carbocycles. The lowest BCUT2D eigenvalue weighted by Gasteiger charge is -2.19. The van der Waals surface area contributed by atoms with Gasteiger partial charge in [-0.15, -0.1) is 0 Å². The van der Waals surface area contributed by atoms with E-state index in [9.17, 15) is 14.4 Å². The molecular weight excluding hydrogens is 446 g/mol. The van der Waals surface area contributed by atoms with Crippen molar-refractivity contribution in [3.05, 3.63) is 79.2 Å². The largest absolute Gasteiger partial charge is 0.460 e. The maximum Gasteiger partial charge on any atom is 0.407 e. The van der Waals surface area contributed by atoms with Crippen LogP contribution in [-0.2, 0) is 23.8 Å². The van der Waals surface area contributed by atoms with E-state index in [0.717, 1.165) is 22.3 Å². The molecule has 35 heavy (non-hydrogen) atoms. The fourth-order valence-electron chi connectivity index (χ4n) is 4.08. The summed E-state index contributed by atoms with van der Waals surface area (Å²) in [6, 6.07) is 15.1. The standard InChI is InChI=1S/C28H31NO6/c1-5-17-33-26(31)24(15-10-16-25(30)35-28(2,3)4)29-27(32)34-18-23-21-13-8-6-11-19(21)20-12-7-9-14-22(20)23/h5-9,11-14,23-24H,1-2,10,15-18H2,3-4H3/p+1/t24-/m0/s1. The number of carbonyl (C=O) groups excluding carboxylic acids is 3. The molecule has 0 aromatic heterocycles. The number of hydrogen-bond donors (Lipinski definition) is 1. The zero-order valence-corrected chi connectivity index (χ0v) is 20.3. The van der Waals surface area contributed by atoms with Gasteiger partial charge in [0.1, 0.15) is 26.2 Å². The molecule has 0 fully saturated rings. The summed E-state index contributed by atoms with van der Waals surface area (Å²) in [7, 11) is 0. The Kier molecular flexibility index (Phi) is 8.58. The monoisotopic (exact) mass is 478 g/mol. The lowest BCUT2D eigenvalue weighted by molar-refractivity contribution is -0.153. The predicted octanol–water partition coefficient (Wildman–Crippen LogP) is 4.95. The van der Waals surface area contributed by atoms with E-state index in [1.165, 1.54) is 6.08 Å². The first-order valence-corrected chi connectivity index (χ1v) is 11.7. The summed E-state index contributed by atoms with van der Waals surface area (Å²) >= 11 is 0. The Balaban J connectivity index is 1.59. The average molecular weight is 479 g/mol. The van der Waals surface area contributed by atoms with Gasteiger partial charge < -0.3 is 19.5 Å². The molecule has 1 N–H and O–H groups in total. The number of carbonyl (C=O) groups is 3. The Morgan fingerprint density at radius 1 is 1.06 bits per heavy atom. The molecular formula is C28H32NO6+. The molecule has 1 aliphatic rings. The first-order valence-electron chi connectivity index (χ1n) is 11.7. The smallest absolute Gasteiger partial charge is 0.407 e. The van der Waals surface area contributed by atoms with Gasteiger partial charge in [0.05, 0.1) is 0 Å². The van der Waals surface area contributed by atoms with Gasteiger partial charge >= 0.3 is 18.0 Å². The predicted molar refractivity (Wildman–Crippen MR) is 133 cm³/mol. The topological polar surface area (TPSA) is 90.9 Å². The van der Waals surface area contributed by atoms with Gasteiger partial charge in [0.25, 0.3) is 0 Å². The van der Waals surface area contributed by atoms with Gasteiger partial charge in [-0.3, -0.25) is 4.79 Å². The fourth-order valence-corrected chi connectivity index (χ4v) is 4.08. The minimum Gasteiger partial charge on any atom is -0.460 e. The van der Waals surface area contributed by atoms with Gasteiger partial charge in [0, 0.05) is 26.2 Å². The lowest BCUT2D eigenvalue weighted by atomic mass is 9.98. The highest BCUT2D eigenvalue weighted by atomic mass is 16.6. The van der Waals surface area contributed by atoms with Crippen molar-refractivity contribution >= 4 is 18.0 Å². The van der Waals surface area contributed by atoms with Crippen LogP contribution in [0.5, 0.6) is 0 Å². The number of fused-ring (bicyclic) bond motifs is 3. The lowest BCUT2D eigenvalue weighted by Crippen LogP contribution is -2.42. The third-order valence-electron chi connectivity index (χ3n) is 5.53. The van der Waals surface area contributed by atoms with E-state index in [2.05, 4.69) is 31.0 Å². The van der Waals surface area contributed by atoms with Crippen LogP contribution in [0.1, 0.15) is 50.2 Å². The van der Waals surface area contributed by atoms with Crippen molar-refractivity contribution in [1.29, 1.82) is 0 Å². The Morgan fingerprint density at radius 3 is 2.23 bits per heavy atom. The summed E-state index contributed by atoms with van der Waals surface area (Å²) in [6.07, 6.45) is 1.29. The molecule has 7 nitrogen and oxygen atoms in total. The van der Waals surface area contributed by atoms with E-state index >= 15 is 0 Å². The van der Waals surface area contributed by atoms with Crippen molar-refractivity contribution in [2.45, 2.75) is 50.7 Å². The Hall–Kier alpha value is -3.74.